The number of rotatable bonds is 4. The molecule has 1 aromatic rings. The lowest BCUT2D eigenvalue weighted by atomic mass is 9.49. The van der Waals surface area contributed by atoms with Crippen molar-refractivity contribution >= 4 is 10.0 Å². The van der Waals surface area contributed by atoms with Crippen LogP contribution >= 0.6 is 0 Å². The molecule has 5 heteroatoms. The first-order valence-electron chi connectivity index (χ1n) is 13.3. The van der Waals surface area contributed by atoms with Gasteiger partial charge in [0.1, 0.15) is 0 Å². The first-order chi connectivity index (χ1) is 15.5. The van der Waals surface area contributed by atoms with Gasteiger partial charge in [-0.2, -0.15) is 4.31 Å². The summed E-state index contributed by atoms with van der Waals surface area (Å²) in [6.45, 7) is 6.67. The molecule has 1 N–H and O–H groups in total. The molecule has 4 nitrogen and oxygen atoms in total. The van der Waals surface area contributed by atoms with Gasteiger partial charge in [0.25, 0.3) is 0 Å². The molecule has 4 saturated carbocycles. The predicted molar refractivity (Wildman–Crippen MR) is 132 cm³/mol. The maximum absolute atomic E-state index is 13.3. The van der Waals surface area contributed by atoms with E-state index in [1.165, 1.54) is 38.5 Å². The van der Waals surface area contributed by atoms with Crippen LogP contribution in [0.4, 0.5) is 0 Å². The molecule has 0 bridgehead atoms. The van der Waals surface area contributed by atoms with Gasteiger partial charge in [0.15, 0.2) is 0 Å². The number of nitrogens with zero attached hydrogens (tertiary/aromatic N) is 1. The van der Waals surface area contributed by atoms with E-state index in [2.05, 4.69) is 13.8 Å². The molecule has 0 spiro atoms. The van der Waals surface area contributed by atoms with Gasteiger partial charge in [-0.25, -0.2) is 8.42 Å². The van der Waals surface area contributed by atoms with Gasteiger partial charge in [0.05, 0.1) is 10.5 Å². The summed E-state index contributed by atoms with van der Waals surface area (Å²) < 4.78 is 28.3. The van der Waals surface area contributed by atoms with E-state index in [9.17, 15) is 13.5 Å². The van der Waals surface area contributed by atoms with Crippen LogP contribution in [-0.2, 0) is 10.0 Å². The molecule has 9 atom stereocenters. The highest BCUT2D eigenvalue weighted by Gasteiger charge is 2.58. The van der Waals surface area contributed by atoms with Crippen molar-refractivity contribution in [3.8, 4) is 0 Å². The fourth-order valence-electron chi connectivity index (χ4n) is 9.15. The van der Waals surface area contributed by atoms with E-state index in [1.54, 1.807) is 35.6 Å². The first kappa shape index (κ1) is 23.8. The third-order valence-electron chi connectivity index (χ3n) is 10.9. The number of fused-ring (bicyclic) bond motifs is 5. The molecule has 1 aromatic carbocycles. The molecule has 0 aliphatic heterocycles. The van der Waals surface area contributed by atoms with Crippen LogP contribution in [0.2, 0.25) is 0 Å². The summed E-state index contributed by atoms with van der Waals surface area (Å²) in [6, 6.07) is 8.90. The summed E-state index contributed by atoms with van der Waals surface area (Å²) in [5, 5.41) is 10.6. The van der Waals surface area contributed by atoms with Crippen LogP contribution in [0, 0.1) is 40.9 Å². The van der Waals surface area contributed by atoms with Gasteiger partial charge in [-0.15, -0.1) is 0 Å². The van der Waals surface area contributed by atoms with E-state index >= 15 is 0 Å². The highest BCUT2D eigenvalue weighted by atomic mass is 32.2. The van der Waals surface area contributed by atoms with Crippen LogP contribution in [-0.4, -0.2) is 36.5 Å². The van der Waals surface area contributed by atoms with Gasteiger partial charge in [-0.3, -0.25) is 0 Å². The molecule has 0 aromatic heterocycles. The SMILES string of the molecule is C[C@@H]([C@H]1CCC2[C@@H]3CC[C@@H]4C[C@](C)(O)CC[C@@H]4C3CC[C@@]21C)N(C)S(=O)(=O)c1ccccc1. The molecule has 2 unspecified atom stereocenters. The average Bonchev–Trinajstić information content (AvgIpc) is 3.15. The van der Waals surface area contributed by atoms with Crippen molar-refractivity contribution in [1.29, 1.82) is 0 Å². The maximum Gasteiger partial charge on any atom is 0.243 e. The molecule has 0 amide bonds. The Hall–Kier alpha value is -0.910. The van der Waals surface area contributed by atoms with Gasteiger partial charge >= 0.3 is 0 Å². The Kier molecular flexibility index (Phi) is 6.02. The lowest BCUT2D eigenvalue weighted by molar-refractivity contribution is -0.102. The molecule has 4 fully saturated rings. The molecule has 0 radical (unpaired) electrons. The highest BCUT2D eigenvalue weighted by molar-refractivity contribution is 7.89. The minimum Gasteiger partial charge on any atom is -0.390 e. The van der Waals surface area contributed by atoms with E-state index in [-0.39, 0.29) is 11.5 Å². The van der Waals surface area contributed by atoms with Crippen LogP contribution in [0.5, 0.6) is 0 Å². The summed E-state index contributed by atoms with van der Waals surface area (Å²) in [5.41, 5.74) is -0.228. The van der Waals surface area contributed by atoms with Crippen molar-refractivity contribution in [3.05, 3.63) is 30.3 Å². The van der Waals surface area contributed by atoms with E-state index in [1.807, 2.05) is 13.0 Å². The summed E-state index contributed by atoms with van der Waals surface area (Å²) >= 11 is 0. The summed E-state index contributed by atoms with van der Waals surface area (Å²) in [4.78, 5) is 0.397. The van der Waals surface area contributed by atoms with Gasteiger partial charge in [-0.1, -0.05) is 25.1 Å². The Morgan fingerprint density at radius 1 is 0.939 bits per heavy atom. The largest absolute Gasteiger partial charge is 0.390 e. The summed E-state index contributed by atoms with van der Waals surface area (Å²) in [5.74, 6) is 4.25. The Balaban J connectivity index is 1.34. The van der Waals surface area contributed by atoms with Crippen molar-refractivity contribution in [2.45, 2.75) is 95.1 Å². The molecule has 4 aliphatic carbocycles. The van der Waals surface area contributed by atoms with E-state index in [4.69, 9.17) is 0 Å². The molecule has 0 saturated heterocycles. The zero-order valence-corrected chi connectivity index (χ0v) is 21.7. The van der Waals surface area contributed by atoms with Crippen molar-refractivity contribution in [2.75, 3.05) is 7.05 Å². The van der Waals surface area contributed by atoms with Crippen LogP contribution in [0.25, 0.3) is 0 Å². The summed E-state index contributed by atoms with van der Waals surface area (Å²) in [7, 11) is -1.69. The second-order valence-corrected chi connectivity index (χ2v) is 14.5. The van der Waals surface area contributed by atoms with Gasteiger partial charge in [-0.05, 0) is 125 Å². The number of benzene rings is 1. The number of aliphatic hydroxyl groups is 1. The minimum absolute atomic E-state index is 0.00266. The normalized spacial score (nSPS) is 44.1. The third kappa shape index (κ3) is 3.90. The average molecular weight is 474 g/mol. The maximum atomic E-state index is 13.3. The van der Waals surface area contributed by atoms with Gasteiger partial charge in [0, 0.05) is 13.1 Å². The molecule has 184 valence electrons. The number of hydrogen-bond donors (Lipinski definition) is 1. The lowest BCUT2D eigenvalue weighted by Crippen LogP contribution is -2.52. The lowest BCUT2D eigenvalue weighted by Gasteiger charge is -2.57. The quantitative estimate of drug-likeness (QED) is 0.609. The minimum atomic E-state index is -3.48. The second kappa shape index (κ2) is 8.34. The molecule has 4 aliphatic rings. The highest BCUT2D eigenvalue weighted by Crippen LogP contribution is 2.65. The number of sulfonamides is 1. The van der Waals surface area contributed by atoms with Gasteiger partial charge in [0.2, 0.25) is 10.0 Å². The van der Waals surface area contributed by atoms with E-state index < -0.39 is 15.6 Å². The van der Waals surface area contributed by atoms with Crippen LogP contribution < -0.4 is 0 Å². The Morgan fingerprint density at radius 2 is 1.64 bits per heavy atom. The van der Waals surface area contributed by atoms with Crippen LogP contribution in [0.15, 0.2) is 35.2 Å². The fourth-order valence-corrected chi connectivity index (χ4v) is 10.6. The number of hydrogen-bond acceptors (Lipinski definition) is 3. The van der Waals surface area contributed by atoms with Crippen LogP contribution in [0.3, 0.4) is 0 Å². The van der Waals surface area contributed by atoms with E-state index in [0.717, 1.165) is 42.9 Å². The van der Waals surface area contributed by atoms with Crippen molar-refractivity contribution in [2.24, 2.45) is 40.9 Å². The smallest absolute Gasteiger partial charge is 0.243 e. The Labute approximate surface area is 201 Å². The topological polar surface area (TPSA) is 57.6 Å². The van der Waals surface area contributed by atoms with Crippen molar-refractivity contribution < 1.29 is 13.5 Å². The molecule has 33 heavy (non-hydrogen) atoms. The standard InChI is InChI=1S/C28H43NO3S/c1-19(29(4)33(31,32)21-8-6-5-7-9-21)25-12-13-26-24-11-10-20-18-27(2,30)16-14-22(20)23(24)15-17-28(25,26)3/h5-9,19-20,22-26,30H,10-18H2,1-4H3/t19-,20+,22-,23?,24+,25+,26?,27+,28+/m0/s1. The molecule has 0 heterocycles. The molecular weight excluding hydrogens is 430 g/mol. The molecular formula is C28H43NO3S. The van der Waals surface area contributed by atoms with Crippen LogP contribution in [0.1, 0.15) is 78.6 Å². The van der Waals surface area contributed by atoms with E-state index in [0.29, 0.717) is 16.7 Å². The van der Waals surface area contributed by atoms with Crippen molar-refractivity contribution in [3.63, 3.8) is 0 Å². The monoisotopic (exact) mass is 473 g/mol. The summed E-state index contributed by atoms with van der Waals surface area (Å²) in [6.07, 6.45) is 10.6. The van der Waals surface area contributed by atoms with Crippen molar-refractivity contribution in [1.82, 2.24) is 4.31 Å². The fraction of sp³-hybridized carbons (Fsp3) is 0.786. The first-order valence-corrected chi connectivity index (χ1v) is 14.7. The zero-order chi connectivity index (χ0) is 23.6. The Morgan fingerprint density at radius 3 is 2.36 bits per heavy atom. The Bertz CT molecular complexity index is 961. The predicted octanol–water partition coefficient (Wildman–Crippen LogP) is 5.72. The van der Waals surface area contributed by atoms with Gasteiger partial charge < -0.3 is 5.11 Å². The molecule has 5 rings (SSSR count). The third-order valence-corrected chi connectivity index (χ3v) is 12.8. The zero-order valence-electron chi connectivity index (χ0n) is 20.9. The second-order valence-electron chi connectivity index (χ2n) is 12.5.